The Kier molecular flexibility index (Phi) is 4.73. The third kappa shape index (κ3) is 3.22. The minimum Gasteiger partial charge on any atom is -0.324 e. The third-order valence-electron chi connectivity index (χ3n) is 3.24. The monoisotopic (exact) mass is 263 g/mol. The second kappa shape index (κ2) is 5.69. The van der Waals surface area contributed by atoms with E-state index in [1.807, 2.05) is 13.8 Å². The van der Waals surface area contributed by atoms with Gasteiger partial charge in [0.25, 0.3) is 0 Å². The summed E-state index contributed by atoms with van der Waals surface area (Å²) in [5, 5.41) is 0. The van der Waals surface area contributed by atoms with Gasteiger partial charge in [0.2, 0.25) is 0 Å². The minimum absolute atomic E-state index is 0.0940. The number of rotatable bonds is 4. The Bertz CT molecular complexity index is 396. The van der Waals surface area contributed by atoms with Crippen LogP contribution in [0.2, 0.25) is 0 Å². The highest BCUT2D eigenvalue weighted by molar-refractivity contribution is 5.29. The molecule has 2 N–H and O–H groups in total. The van der Waals surface area contributed by atoms with Gasteiger partial charge in [-0.15, -0.1) is 0 Å². The molecule has 0 spiro atoms. The molecule has 1 rings (SSSR count). The van der Waals surface area contributed by atoms with Gasteiger partial charge in [-0.2, -0.15) is 13.2 Å². The molecule has 0 aliphatic rings. The van der Waals surface area contributed by atoms with Gasteiger partial charge in [-0.1, -0.05) is 32.8 Å². The predicted molar refractivity (Wildman–Crippen MR) is 62.4 cm³/mol. The summed E-state index contributed by atoms with van der Waals surface area (Å²) in [7, 11) is 0. The standard InChI is InChI=1S/C13H17F4N/c1-3-8(4-2)12(18)9-5-6-11(14)10(7-9)13(15,16)17/h5-8,12H,3-4,18H2,1-2H3. The molecule has 18 heavy (non-hydrogen) atoms. The Labute approximate surface area is 104 Å². The van der Waals surface area contributed by atoms with E-state index in [2.05, 4.69) is 0 Å². The van der Waals surface area contributed by atoms with Crippen molar-refractivity contribution in [2.75, 3.05) is 0 Å². The maximum atomic E-state index is 13.1. The van der Waals surface area contributed by atoms with Crippen LogP contribution in [0, 0.1) is 11.7 Å². The first-order chi connectivity index (χ1) is 8.31. The molecule has 1 unspecified atom stereocenters. The van der Waals surface area contributed by atoms with E-state index in [0.717, 1.165) is 25.0 Å². The lowest BCUT2D eigenvalue weighted by Gasteiger charge is -2.22. The van der Waals surface area contributed by atoms with Crippen LogP contribution in [-0.4, -0.2) is 0 Å². The molecule has 0 bridgehead atoms. The molecular formula is C13H17F4N. The largest absolute Gasteiger partial charge is 0.419 e. The molecule has 1 aromatic carbocycles. The smallest absolute Gasteiger partial charge is 0.324 e. The van der Waals surface area contributed by atoms with Crippen LogP contribution in [0.4, 0.5) is 17.6 Å². The number of halogens is 4. The molecule has 102 valence electrons. The molecule has 0 radical (unpaired) electrons. The molecule has 0 saturated carbocycles. The van der Waals surface area contributed by atoms with Crippen LogP contribution in [0.1, 0.15) is 43.9 Å². The Balaban J connectivity index is 3.12. The lowest BCUT2D eigenvalue weighted by Crippen LogP contribution is -2.21. The third-order valence-corrected chi connectivity index (χ3v) is 3.24. The van der Waals surface area contributed by atoms with Crippen molar-refractivity contribution >= 4 is 0 Å². The second-order valence-corrected chi connectivity index (χ2v) is 4.34. The topological polar surface area (TPSA) is 26.0 Å². The molecule has 0 aromatic heterocycles. The number of benzene rings is 1. The summed E-state index contributed by atoms with van der Waals surface area (Å²) in [6.45, 7) is 3.87. The van der Waals surface area contributed by atoms with Crippen molar-refractivity contribution < 1.29 is 17.6 Å². The van der Waals surface area contributed by atoms with Crippen molar-refractivity contribution in [2.24, 2.45) is 11.7 Å². The summed E-state index contributed by atoms with van der Waals surface area (Å²) >= 11 is 0. The number of hydrogen-bond acceptors (Lipinski definition) is 1. The molecule has 0 aliphatic carbocycles. The zero-order valence-electron chi connectivity index (χ0n) is 10.4. The molecule has 0 aliphatic heterocycles. The Hall–Kier alpha value is -1.10. The van der Waals surface area contributed by atoms with Gasteiger partial charge in [0.05, 0.1) is 5.56 Å². The molecule has 0 fully saturated rings. The van der Waals surface area contributed by atoms with E-state index in [0.29, 0.717) is 5.56 Å². The SMILES string of the molecule is CCC(CC)C(N)c1ccc(F)c(C(F)(F)F)c1. The molecule has 1 nitrogen and oxygen atoms in total. The summed E-state index contributed by atoms with van der Waals surface area (Å²) in [4.78, 5) is 0. The van der Waals surface area contributed by atoms with E-state index >= 15 is 0 Å². The Morgan fingerprint density at radius 2 is 1.72 bits per heavy atom. The maximum absolute atomic E-state index is 13.1. The van der Waals surface area contributed by atoms with E-state index in [1.165, 1.54) is 6.07 Å². The van der Waals surface area contributed by atoms with Crippen molar-refractivity contribution in [3.05, 3.63) is 35.1 Å². The summed E-state index contributed by atoms with van der Waals surface area (Å²) < 4.78 is 50.9. The fourth-order valence-corrected chi connectivity index (χ4v) is 2.04. The average molecular weight is 263 g/mol. The van der Waals surface area contributed by atoms with E-state index in [9.17, 15) is 17.6 Å². The first kappa shape index (κ1) is 15.0. The molecule has 0 heterocycles. The first-order valence-corrected chi connectivity index (χ1v) is 5.93. The lowest BCUT2D eigenvalue weighted by molar-refractivity contribution is -0.140. The summed E-state index contributed by atoms with van der Waals surface area (Å²) in [6.07, 6.45) is -3.14. The van der Waals surface area contributed by atoms with Crippen LogP contribution in [0.5, 0.6) is 0 Å². The van der Waals surface area contributed by atoms with Crippen molar-refractivity contribution in [1.29, 1.82) is 0 Å². The normalized spacial score (nSPS) is 14.0. The zero-order valence-corrected chi connectivity index (χ0v) is 10.4. The fourth-order valence-electron chi connectivity index (χ4n) is 2.04. The lowest BCUT2D eigenvalue weighted by atomic mass is 9.89. The molecule has 0 amide bonds. The average Bonchev–Trinajstić information content (AvgIpc) is 2.29. The molecule has 5 heteroatoms. The van der Waals surface area contributed by atoms with Gasteiger partial charge in [-0.05, 0) is 23.6 Å². The van der Waals surface area contributed by atoms with Gasteiger partial charge >= 0.3 is 6.18 Å². The van der Waals surface area contributed by atoms with Crippen LogP contribution in [0.15, 0.2) is 18.2 Å². The molecular weight excluding hydrogens is 246 g/mol. The van der Waals surface area contributed by atoms with Crippen LogP contribution >= 0.6 is 0 Å². The van der Waals surface area contributed by atoms with Gasteiger partial charge in [-0.3, -0.25) is 0 Å². The van der Waals surface area contributed by atoms with E-state index < -0.39 is 23.6 Å². The van der Waals surface area contributed by atoms with E-state index in [-0.39, 0.29) is 5.92 Å². The second-order valence-electron chi connectivity index (χ2n) is 4.34. The maximum Gasteiger partial charge on any atom is 0.419 e. The minimum atomic E-state index is -4.69. The first-order valence-electron chi connectivity index (χ1n) is 5.93. The fraction of sp³-hybridized carbons (Fsp3) is 0.538. The molecule has 0 saturated heterocycles. The Morgan fingerprint density at radius 3 is 2.17 bits per heavy atom. The van der Waals surface area contributed by atoms with Crippen molar-refractivity contribution in [2.45, 2.75) is 38.9 Å². The molecule has 1 aromatic rings. The van der Waals surface area contributed by atoms with Crippen LogP contribution in [-0.2, 0) is 6.18 Å². The van der Waals surface area contributed by atoms with Crippen LogP contribution in [0.3, 0.4) is 0 Å². The zero-order chi connectivity index (χ0) is 13.9. The highest BCUT2D eigenvalue weighted by atomic mass is 19.4. The summed E-state index contributed by atoms with van der Waals surface area (Å²) in [6, 6.07) is 2.48. The van der Waals surface area contributed by atoms with Gasteiger partial charge in [-0.25, -0.2) is 4.39 Å². The van der Waals surface area contributed by atoms with Crippen LogP contribution in [0.25, 0.3) is 0 Å². The van der Waals surface area contributed by atoms with Gasteiger partial charge in [0.1, 0.15) is 5.82 Å². The van der Waals surface area contributed by atoms with Crippen LogP contribution < -0.4 is 5.73 Å². The highest BCUT2D eigenvalue weighted by Crippen LogP contribution is 2.34. The summed E-state index contributed by atoms with van der Waals surface area (Å²) in [5.41, 5.74) is 5.01. The van der Waals surface area contributed by atoms with Crippen molar-refractivity contribution in [3.63, 3.8) is 0 Å². The number of nitrogens with two attached hydrogens (primary N) is 1. The number of alkyl halides is 3. The molecule has 1 atom stereocenters. The van der Waals surface area contributed by atoms with Crippen molar-refractivity contribution in [3.8, 4) is 0 Å². The highest BCUT2D eigenvalue weighted by Gasteiger charge is 2.34. The van der Waals surface area contributed by atoms with E-state index in [1.54, 1.807) is 0 Å². The van der Waals surface area contributed by atoms with Crippen molar-refractivity contribution in [1.82, 2.24) is 0 Å². The van der Waals surface area contributed by atoms with Gasteiger partial charge in [0.15, 0.2) is 0 Å². The predicted octanol–water partition coefficient (Wildman–Crippen LogP) is 4.28. The van der Waals surface area contributed by atoms with Gasteiger partial charge < -0.3 is 5.73 Å². The Morgan fingerprint density at radius 1 is 1.17 bits per heavy atom. The van der Waals surface area contributed by atoms with Gasteiger partial charge in [0, 0.05) is 6.04 Å². The van der Waals surface area contributed by atoms with E-state index in [4.69, 9.17) is 5.73 Å². The summed E-state index contributed by atoms with van der Waals surface area (Å²) in [5.74, 6) is -1.17. The number of hydrogen-bond donors (Lipinski definition) is 1. The quantitative estimate of drug-likeness (QED) is 0.806.